The third kappa shape index (κ3) is 2.62. The molecule has 0 aliphatic heterocycles. The van der Waals surface area contributed by atoms with E-state index < -0.39 is 11.4 Å². The van der Waals surface area contributed by atoms with Crippen molar-refractivity contribution in [3.05, 3.63) is 70.9 Å². The molecule has 158 valence electrons. The molecular weight excluding hydrogens is 412 g/mol. The summed E-state index contributed by atoms with van der Waals surface area (Å²) in [6.45, 7) is 0.654. The Morgan fingerprint density at radius 2 is 1.74 bits per heavy atom. The lowest BCUT2D eigenvalue weighted by molar-refractivity contribution is -0.236. The number of fused-ring (bicyclic) bond motifs is 1. The number of aliphatic carboxylic acids is 1. The van der Waals surface area contributed by atoms with Crippen LogP contribution in [0.3, 0.4) is 0 Å². The zero-order valence-electron chi connectivity index (χ0n) is 17.0. The van der Waals surface area contributed by atoms with E-state index in [1.54, 1.807) is 0 Å². The van der Waals surface area contributed by atoms with Gasteiger partial charge in [-0.2, -0.15) is 0 Å². The molecule has 5 nitrogen and oxygen atoms in total. The Labute approximate surface area is 185 Å². The van der Waals surface area contributed by atoms with Crippen molar-refractivity contribution < 1.29 is 14.7 Å². The van der Waals surface area contributed by atoms with E-state index in [0.29, 0.717) is 36.4 Å². The quantitative estimate of drug-likeness (QED) is 0.582. The van der Waals surface area contributed by atoms with Crippen molar-refractivity contribution in [1.82, 2.24) is 9.88 Å². The van der Waals surface area contributed by atoms with Gasteiger partial charge in [-0.25, -0.2) is 0 Å². The van der Waals surface area contributed by atoms with Crippen LogP contribution in [-0.4, -0.2) is 27.1 Å². The van der Waals surface area contributed by atoms with Crippen molar-refractivity contribution >= 4 is 34.4 Å². The van der Waals surface area contributed by atoms with Gasteiger partial charge < -0.3 is 15.0 Å². The Morgan fingerprint density at radius 3 is 2.39 bits per heavy atom. The summed E-state index contributed by atoms with van der Waals surface area (Å²) in [5.74, 6) is -0.741. The number of nitrogens with zero attached hydrogens (tertiary/aromatic N) is 1. The first-order valence-corrected chi connectivity index (χ1v) is 11.1. The van der Waals surface area contributed by atoms with E-state index in [-0.39, 0.29) is 16.9 Å². The van der Waals surface area contributed by atoms with Gasteiger partial charge >= 0.3 is 5.97 Å². The molecule has 0 saturated heterocycles. The maximum absolute atomic E-state index is 13.4. The van der Waals surface area contributed by atoms with Crippen LogP contribution < -0.4 is 5.32 Å². The van der Waals surface area contributed by atoms with Crippen molar-refractivity contribution in [2.24, 2.45) is 10.8 Å². The summed E-state index contributed by atoms with van der Waals surface area (Å²) >= 11 is 6.01. The first-order chi connectivity index (χ1) is 14.9. The number of benzene rings is 2. The summed E-state index contributed by atoms with van der Waals surface area (Å²) < 4.78 is 2.10. The third-order valence-electron chi connectivity index (χ3n) is 7.90. The largest absolute Gasteiger partial charge is 0.481 e. The zero-order valence-corrected chi connectivity index (χ0v) is 17.8. The van der Waals surface area contributed by atoms with E-state index in [4.69, 9.17) is 11.6 Å². The molecule has 0 unspecified atom stereocenters. The second kappa shape index (κ2) is 6.13. The number of rotatable bonds is 6. The summed E-state index contributed by atoms with van der Waals surface area (Å²) in [4.78, 5) is 24.9. The fourth-order valence-corrected chi connectivity index (χ4v) is 6.21. The van der Waals surface area contributed by atoms with Crippen LogP contribution in [0.1, 0.15) is 48.0 Å². The molecule has 31 heavy (non-hydrogen) atoms. The van der Waals surface area contributed by atoms with Crippen molar-refractivity contribution in [2.75, 3.05) is 0 Å². The molecular formula is C25H23ClN2O3. The molecule has 4 saturated carbocycles. The minimum Gasteiger partial charge on any atom is -0.481 e. The van der Waals surface area contributed by atoms with E-state index >= 15 is 0 Å². The molecule has 4 aliphatic carbocycles. The van der Waals surface area contributed by atoms with Gasteiger partial charge in [0.15, 0.2) is 0 Å². The molecule has 2 N–H and O–H groups in total. The number of halogens is 1. The van der Waals surface area contributed by atoms with Crippen LogP contribution in [0.25, 0.3) is 10.9 Å². The Balaban J connectivity index is 1.28. The molecule has 2 bridgehead atoms. The van der Waals surface area contributed by atoms with Crippen molar-refractivity contribution in [3.8, 4) is 0 Å². The number of carboxylic acids is 1. The molecule has 4 fully saturated rings. The maximum atomic E-state index is 13.4. The second-order valence-corrected chi connectivity index (χ2v) is 10.2. The van der Waals surface area contributed by atoms with Crippen LogP contribution in [-0.2, 0) is 11.3 Å². The van der Waals surface area contributed by atoms with Gasteiger partial charge in [-0.3, -0.25) is 9.59 Å². The van der Waals surface area contributed by atoms with Gasteiger partial charge in [0.1, 0.15) is 0 Å². The average molecular weight is 435 g/mol. The summed E-state index contributed by atoms with van der Waals surface area (Å²) in [6.07, 6.45) is 6.00. The Morgan fingerprint density at radius 1 is 1.03 bits per heavy atom. The lowest BCUT2D eigenvalue weighted by atomic mass is 9.32. The molecule has 7 rings (SSSR count). The Bertz CT molecular complexity index is 1220. The SMILES string of the molecule is O=C(NC1(C23CC(C(=O)O)(C2)C3)CC1)c1cccc2ccn(Cc3ccc(Cl)cc3)c12. The number of para-hydroxylation sites is 1. The summed E-state index contributed by atoms with van der Waals surface area (Å²) in [6, 6.07) is 15.6. The summed E-state index contributed by atoms with van der Waals surface area (Å²) in [7, 11) is 0. The molecule has 3 aromatic rings. The lowest BCUT2D eigenvalue weighted by Crippen LogP contribution is -2.73. The topological polar surface area (TPSA) is 71.3 Å². The second-order valence-electron chi connectivity index (χ2n) is 9.75. The van der Waals surface area contributed by atoms with Gasteiger partial charge in [0.05, 0.1) is 16.5 Å². The Hall–Kier alpha value is -2.79. The van der Waals surface area contributed by atoms with E-state index in [2.05, 4.69) is 9.88 Å². The predicted molar refractivity (Wildman–Crippen MR) is 118 cm³/mol. The van der Waals surface area contributed by atoms with Gasteiger partial charge in [-0.05, 0) is 67.3 Å². The number of hydrogen-bond donors (Lipinski definition) is 2. The molecule has 1 aromatic heterocycles. The number of carboxylic acid groups (broad SMARTS) is 1. The number of nitrogens with one attached hydrogen (secondary N) is 1. The highest BCUT2D eigenvalue weighted by Gasteiger charge is 2.81. The number of amides is 1. The molecule has 0 radical (unpaired) electrons. The number of hydrogen-bond acceptors (Lipinski definition) is 2. The molecule has 1 heterocycles. The highest BCUT2D eigenvalue weighted by Crippen LogP contribution is 2.81. The number of aromatic nitrogens is 1. The zero-order chi connectivity index (χ0) is 21.4. The van der Waals surface area contributed by atoms with Crippen molar-refractivity contribution in [1.29, 1.82) is 0 Å². The van der Waals surface area contributed by atoms with Crippen LogP contribution in [0.15, 0.2) is 54.7 Å². The molecule has 0 atom stereocenters. The first-order valence-electron chi connectivity index (χ1n) is 10.7. The van der Waals surface area contributed by atoms with Gasteiger partial charge in [-0.1, -0.05) is 35.9 Å². The minimum atomic E-state index is -0.679. The van der Waals surface area contributed by atoms with Gasteiger partial charge in [0.2, 0.25) is 0 Å². The highest BCUT2D eigenvalue weighted by atomic mass is 35.5. The molecule has 2 aromatic carbocycles. The highest BCUT2D eigenvalue weighted by molar-refractivity contribution is 6.30. The van der Waals surface area contributed by atoms with Gasteiger partial charge in [0.25, 0.3) is 5.91 Å². The fraction of sp³-hybridized carbons (Fsp3) is 0.360. The first kappa shape index (κ1) is 18.9. The van der Waals surface area contributed by atoms with Crippen molar-refractivity contribution in [3.63, 3.8) is 0 Å². The van der Waals surface area contributed by atoms with E-state index in [1.807, 2.05) is 54.7 Å². The standard InChI is InChI=1S/C25H23ClN2O3/c26-18-6-4-16(5-7-18)12-28-11-8-17-2-1-3-19(20(17)28)21(29)27-25(9-10-25)24-13-23(14-24,15-24)22(30)31/h1-8,11H,9-10,12-15H2,(H,27,29)(H,30,31). The normalized spacial score (nSPS) is 27.3. The van der Waals surface area contributed by atoms with Crippen molar-refractivity contribution in [2.45, 2.75) is 44.2 Å². The lowest BCUT2D eigenvalue weighted by Gasteiger charge is -2.71. The smallest absolute Gasteiger partial charge is 0.309 e. The average Bonchev–Trinajstić information content (AvgIpc) is 3.32. The summed E-state index contributed by atoms with van der Waals surface area (Å²) in [5, 5.41) is 14.5. The Kier molecular flexibility index (Phi) is 3.75. The van der Waals surface area contributed by atoms with Gasteiger partial charge in [-0.15, -0.1) is 0 Å². The fourth-order valence-electron chi connectivity index (χ4n) is 6.08. The van der Waals surface area contributed by atoms with Gasteiger partial charge in [0, 0.05) is 28.7 Å². The minimum absolute atomic E-state index is 0.0136. The predicted octanol–water partition coefficient (Wildman–Crippen LogP) is 4.86. The third-order valence-corrected chi connectivity index (χ3v) is 8.15. The maximum Gasteiger partial charge on any atom is 0.309 e. The van der Waals surface area contributed by atoms with Crippen LogP contribution in [0.5, 0.6) is 0 Å². The van der Waals surface area contributed by atoms with E-state index in [0.717, 1.165) is 29.3 Å². The number of carbonyl (C=O) groups is 2. The van der Waals surface area contributed by atoms with Crippen LogP contribution in [0, 0.1) is 10.8 Å². The molecule has 0 spiro atoms. The van der Waals surface area contributed by atoms with E-state index in [9.17, 15) is 14.7 Å². The molecule has 1 amide bonds. The molecule has 6 heteroatoms. The summed E-state index contributed by atoms with van der Waals surface area (Å²) in [5.41, 5.74) is 1.95. The van der Waals surface area contributed by atoms with Crippen LogP contribution in [0.2, 0.25) is 5.02 Å². The number of carbonyl (C=O) groups excluding carboxylic acids is 1. The monoisotopic (exact) mass is 434 g/mol. The van der Waals surface area contributed by atoms with E-state index in [1.165, 1.54) is 0 Å². The van der Waals surface area contributed by atoms with Crippen LogP contribution in [0.4, 0.5) is 0 Å². The van der Waals surface area contributed by atoms with Crippen LogP contribution >= 0.6 is 11.6 Å². The molecule has 4 aliphatic rings.